The van der Waals surface area contributed by atoms with Crippen LogP contribution in [-0.4, -0.2) is 20.9 Å². The van der Waals surface area contributed by atoms with Crippen LogP contribution in [0.5, 0.6) is 0 Å². The molecule has 2 heterocycles. The third-order valence-electron chi connectivity index (χ3n) is 2.74. The molecule has 0 saturated heterocycles. The van der Waals surface area contributed by atoms with Gasteiger partial charge in [-0.3, -0.25) is 4.68 Å². The number of carboxylic acid groups (broad SMARTS) is 1. The van der Waals surface area contributed by atoms with Crippen LogP contribution >= 0.6 is 0 Å². The van der Waals surface area contributed by atoms with Gasteiger partial charge in [-0.15, -0.1) is 0 Å². The van der Waals surface area contributed by atoms with Crippen molar-refractivity contribution in [1.82, 2.24) is 9.78 Å². The molecule has 0 amide bonds. The van der Waals surface area contributed by atoms with Gasteiger partial charge in [-0.05, 0) is 26.0 Å². The fraction of sp³-hybridized carbons (Fsp3) is 0.333. The topological polar surface area (TPSA) is 80.3 Å². The lowest BCUT2D eigenvalue weighted by Crippen LogP contribution is -2.06. The second-order valence-corrected chi connectivity index (χ2v) is 4.17. The molecule has 18 heavy (non-hydrogen) atoms. The van der Waals surface area contributed by atoms with Crippen LogP contribution in [0, 0.1) is 6.92 Å². The molecular formula is C12H15N3O3. The molecule has 1 atom stereocenters. The maximum absolute atomic E-state index is 10.7. The summed E-state index contributed by atoms with van der Waals surface area (Å²) in [4.78, 5) is 10.7. The fourth-order valence-corrected chi connectivity index (χ4v) is 1.62. The Balaban J connectivity index is 2.11. The van der Waals surface area contributed by atoms with Crippen molar-refractivity contribution in [3.05, 3.63) is 35.4 Å². The second-order valence-electron chi connectivity index (χ2n) is 4.17. The maximum atomic E-state index is 10.7. The van der Waals surface area contributed by atoms with Crippen LogP contribution in [0.1, 0.15) is 35.0 Å². The highest BCUT2D eigenvalue weighted by molar-refractivity contribution is 5.84. The number of aryl methyl sites for hydroxylation is 2. The molecule has 0 spiro atoms. The van der Waals surface area contributed by atoms with Crippen LogP contribution in [0.25, 0.3) is 0 Å². The van der Waals surface area contributed by atoms with Gasteiger partial charge in [0.1, 0.15) is 11.6 Å². The summed E-state index contributed by atoms with van der Waals surface area (Å²) >= 11 is 0. The number of hydrogen-bond acceptors (Lipinski definition) is 4. The van der Waals surface area contributed by atoms with Crippen molar-refractivity contribution in [2.45, 2.75) is 19.9 Å². The highest BCUT2D eigenvalue weighted by Gasteiger charge is 2.15. The summed E-state index contributed by atoms with van der Waals surface area (Å²) in [6, 6.07) is 4.86. The van der Waals surface area contributed by atoms with Crippen LogP contribution < -0.4 is 5.32 Å². The lowest BCUT2D eigenvalue weighted by Gasteiger charge is -2.09. The predicted molar refractivity (Wildman–Crippen MR) is 65.7 cm³/mol. The van der Waals surface area contributed by atoms with E-state index in [1.165, 1.54) is 6.07 Å². The standard InChI is InChI=1S/C12H15N3O3/c1-7-6-11(14-15(7)3)13-8(2)9-4-5-10(18-9)12(16)17/h4-6,8H,1-3H3,(H,13,14)(H,16,17). The Labute approximate surface area is 104 Å². The molecular weight excluding hydrogens is 234 g/mol. The van der Waals surface area contributed by atoms with Gasteiger partial charge in [0.25, 0.3) is 0 Å². The smallest absolute Gasteiger partial charge is 0.371 e. The zero-order valence-electron chi connectivity index (χ0n) is 10.5. The number of rotatable bonds is 4. The summed E-state index contributed by atoms with van der Waals surface area (Å²) in [6.45, 7) is 3.84. The van der Waals surface area contributed by atoms with Gasteiger partial charge in [-0.25, -0.2) is 4.79 Å². The Morgan fingerprint density at radius 3 is 2.78 bits per heavy atom. The van der Waals surface area contributed by atoms with Crippen LogP contribution in [0.3, 0.4) is 0 Å². The lowest BCUT2D eigenvalue weighted by atomic mass is 10.2. The highest BCUT2D eigenvalue weighted by Crippen LogP contribution is 2.21. The van der Waals surface area contributed by atoms with Gasteiger partial charge in [0, 0.05) is 18.8 Å². The number of furan rings is 1. The van der Waals surface area contributed by atoms with Crippen molar-refractivity contribution in [2.24, 2.45) is 7.05 Å². The molecule has 2 N–H and O–H groups in total. The largest absolute Gasteiger partial charge is 0.475 e. The number of carboxylic acids is 1. The van der Waals surface area contributed by atoms with E-state index in [1.54, 1.807) is 10.7 Å². The molecule has 6 heteroatoms. The minimum atomic E-state index is -1.07. The predicted octanol–water partition coefficient (Wildman–Crippen LogP) is 2.19. The molecule has 2 aromatic rings. The quantitative estimate of drug-likeness (QED) is 0.868. The van der Waals surface area contributed by atoms with Crippen molar-refractivity contribution in [3.63, 3.8) is 0 Å². The Bertz CT molecular complexity index is 551. The van der Waals surface area contributed by atoms with Gasteiger partial charge >= 0.3 is 5.97 Å². The van der Waals surface area contributed by atoms with E-state index in [-0.39, 0.29) is 11.8 Å². The Hall–Kier alpha value is -2.24. The summed E-state index contributed by atoms with van der Waals surface area (Å²) in [5.41, 5.74) is 1.04. The van der Waals surface area contributed by atoms with Crippen molar-refractivity contribution in [2.75, 3.05) is 5.32 Å². The van der Waals surface area contributed by atoms with Gasteiger partial charge in [-0.2, -0.15) is 5.10 Å². The number of nitrogens with zero attached hydrogens (tertiary/aromatic N) is 2. The van der Waals surface area contributed by atoms with Crippen molar-refractivity contribution < 1.29 is 14.3 Å². The molecule has 96 valence electrons. The maximum Gasteiger partial charge on any atom is 0.371 e. The molecule has 0 radical (unpaired) electrons. The molecule has 1 unspecified atom stereocenters. The van der Waals surface area contributed by atoms with Gasteiger partial charge in [0.05, 0.1) is 6.04 Å². The molecule has 0 saturated carbocycles. The van der Waals surface area contributed by atoms with Crippen molar-refractivity contribution in [3.8, 4) is 0 Å². The van der Waals surface area contributed by atoms with E-state index in [1.807, 2.05) is 27.0 Å². The SMILES string of the molecule is Cc1cc(NC(C)c2ccc(C(=O)O)o2)nn1C. The third-order valence-corrected chi connectivity index (χ3v) is 2.74. The summed E-state index contributed by atoms with van der Waals surface area (Å²) < 4.78 is 6.98. The van der Waals surface area contributed by atoms with E-state index < -0.39 is 5.97 Å². The Morgan fingerprint density at radius 1 is 1.56 bits per heavy atom. The first kappa shape index (κ1) is 12.2. The third kappa shape index (κ3) is 2.37. The van der Waals surface area contributed by atoms with E-state index in [4.69, 9.17) is 9.52 Å². The van der Waals surface area contributed by atoms with Crippen LogP contribution in [0.2, 0.25) is 0 Å². The zero-order chi connectivity index (χ0) is 13.3. The first-order valence-electron chi connectivity index (χ1n) is 5.57. The van der Waals surface area contributed by atoms with E-state index in [2.05, 4.69) is 10.4 Å². The van der Waals surface area contributed by atoms with Crippen molar-refractivity contribution >= 4 is 11.8 Å². The van der Waals surface area contributed by atoms with Crippen LogP contribution in [-0.2, 0) is 7.05 Å². The van der Waals surface area contributed by atoms with Gasteiger partial charge in [0.15, 0.2) is 0 Å². The number of anilines is 1. The average molecular weight is 249 g/mol. The monoisotopic (exact) mass is 249 g/mol. The van der Waals surface area contributed by atoms with Gasteiger partial charge < -0.3 is 14.8 Å². The summed E-state index contributed by atoms with van der Waals surface area (Å²) in [6.07, 6.45) is 0. The number of hydrogen-bond donors (Lipinski definition) is 2. The molecule has 6 nitrogen and oxygen atoms in total. The van der Waals surface area contributed by atoms with E-state index in [0.717, 1.165) is 11.5 Å². The molecule has 0 aliphatic rings. The normalized spacial score (nSPS) is 12.4. The Morgan fingerprint density at radius 2 is 2.28 bits per heavy atom. The first-order valence-corrected chi connectivity index (χ1v) is 5.57. The molecule has 0 aliphatic heterocycles. The lowest BCUT2D eigenvalue weighted by molar-refractivity contribution is 0.0660. The van der Waals surface area contributed by atoms with E-state index >= 15 is 0 Å². The number of aromatic carboxylic acids is 1. The zero-order valence-corrected chi connectivity index (χ0v) is 10.5. The average Bonchev–Trinajstić information content (AvgIpc) is 2.87. The number of aromatic nitrogens is 2. The minimum Gasteiger partial charge on any atom is -0.475 e. The Kier molecular flexibility index (Phi) is 3.10. The molecule has 0 aliphatic carbocycles. The number of carbonyl (C=O) groups is 1. The van der Waals surface area contributed by atoms with Crippen molar-refractivity contribution in [1.29, 1.82) is 0 Å². The summed E-state index contributed by atoms with van der Waals surface area (Å²) in [5.74, 6) is 0.171. The van der Waals surface area contributed by atoms with E-state index in [0.29, 0.717) is 5.76 Å². The molecule has 2 aromatic heterocycles. The number of nitrogens with one attached hydrogen (secondary N) is 1. The molecule has 2 rings (SSSR count). The molecule has 0 bridgehead atoms. The van der Waals surface area contributed by atoms with Crippen LogP contribution in [0.15, 0.2) is 22.6 Å². The first-order chi connectivity index (χ1) is 8.47. The van der Waals surface area contributed by atoms with Crippen LogP contribution in [0.4, 0.5) is 5.82 Å². The summed E-state index contributed by atoms with van der Waals surface area (Å²) in [7, 11) is 1.86. The minimum absolute atomic E-state index is 0.0594. The van der Waals surface area contributed by atoms with Gasteiger partial charge in [-0.1, -0.05) is 0 Å². The molecule has 0 aromatic carbocycles. The fourth-order valence-electron chi connectivity index (χ4n) is 1.62. The summed E-state index contributed by atoms with van der Waals surface area (Å²) in [5, 5.41) is 16.2. The highest BCUT2D eigenvalue weighted by atomic mass is 16.4. The molecule has 0 fully saturated rings. The van der Waals surface area contributed by atoms with E-state index in [9.17, 15) is 4.79 Å². The van der Waals surface area contributed by atoms with Gasteiger partial charge in [0.2, 0.25) is 5.76 Å². The second kappa shape index (κ2) is 4.56.